The van der Waals surface area contributed by atoms with Crippen LogP contribution in [0.25, 0.3) is 0 Å². The van der Waals surface area contributed by atoms with Crippen LogP contribution in [-0.4, -0.2) is 40.0 Å². The van der Waals surface area contributed by atoms with Gasteiger partial charge in [0, 0.05) is 11.6 Å². The largest absolute Gasteiger partial charge is 0.496 e. The summed E-state index contributed by atoms with van der Waals surface area (Å²) in [5.74, 6) is -2.54. The number of alkyl halides is 2. The Morgan fingerprint density at radius 2 is 1.71 bits per heavy atom. The van der Waals surface area contributed by atoms with Crippen molar-refractivity contribution in [1.82, 2.24) is 5.32 Å². The second-order valence-electron chi connectivity index (χ2n) is 4.36. The summed E-state index contributed by atoms with van der Waals surface area (Å²) in [5, 5.41) is 2.10. The number of methoxy groups -OCH3 is 3. The SMILES string of the molecule is COc1cc(OC)c([C@@H]2NC(=O)OCC2(F)F)cc1OC. The van der Waals surface area contributed by atoms with Crippen molar-refractivity contribution in [2.75, 3.05) is 27.9 Å². The van der Waals surface area contributed by atoms with Crippen molar-refractivity contribution in [3.05, 3.63) is 17.7 Å². The fraction of sp³-hybridized carbons (Fsp3) is 0.462. The van der Waals surface area contributed by atoms with Crippen LogP contribution in [0.1, 0.15) is 11.6 Å². The van der Waals surface area contributed by atoms with Gasteiger partial charge in [0.1, 0.15) is 11.8 Å². The van der Waals surface area contributed by atoms with Gasteiger partial charge in [0.25, 0.3) is 0 Å². The maximum absolute atomic E-state index is 14.0. The van der Waals surface area contributed by atoms with Gasteiger partial charge >= 0.3 is 12.0 Å². The van der Waals surface area contributed by atoms with Gasteiger partial charge in [0.2, 0.25) is 0 Å². The molecule has 1 atom stereocenters. The molecule has 2 rings (SSSR count). The van der Waals surface area contributed by atoms with E-state index in [1.165, 1.54) is 33.5 Å². The lowest BCUT2D eigenvalue weighted by molar-refractivity contribution is -0.104. The molecule has 1 aromatic carbocycles. The average Bonchev–Trinajstić information content (AvgIpc) is 2.48. The Morgan fingerprint density at radius 3 is 2.29 bits per heavy atom. The molecule has 1 aliphatic heterocycles. The number of alkyl carbamates (subject to hydrolysis) is 1. The number of hydrogen-bond acceptors (Lipinski definition) is 5. The molecule has 1 heterocycles. The molecule has 1 saturated heterocycles. The molecule has 1 aliphatic rings. The number of carbonyl (C=O) groups is 1. The van der Waals surface area contributed by atoms with E-state index in [1.54, 1.807) is 0 Å². The molecule has 0 unspecified atom stereocenters. The highest BCUT2D eigenvalue weighted by Crippen LogP contribution is 2.43. The fourth-order valence-electron chi connectivity index (χ4n) is 2.09. The van der Waals surface area contributed by atoms with E-state index in [0.29, 0.717) is 5.75 Å². The zero-order chi connectivity index (χ0) is 15.6. The number of ether oxygens (including phenoxy) is 4. The maximum atomic E-state index is 14.0. The highest BCUT2D eigenvalue weighted by atomic mass is 19.3. The van der Waals surface area contributed by atoms with Crippen molar-refractivity contribution in [1.29, 1.82) is 0 Å². The molecule has 0 aromatic heterocycles. The Hall–Kier alpha value is -2.25. The molecule has 1 fully saturated rings. The molecular formula is C13H15F2NO5. The van der Waals surface area contributed by atoms with Crippen molar-refractivity contribution in [3.63, 3.8) is 0 Å². The molecule has 1 amide bonds. The maximum Gasteiger partial charge on any atom is 0.408 e. The molecule has 21 heavy (non-hydrogen) atoms. The number of cyclic esters (lactones) is 1. The molecule has 0 spiro atoms. The predicted octanol–water partition coefficient (Wildman–Crippen LogP) is 2.13. The number of carbonyl (C=O) groups excluding carboxylic acids is 1. The summed E-state index contributed by atoms with van der Waals surface area (Å²) >= 11 is 0. The van der Waals surface area contributed by atoms with Crippen LogP contribution in [0.4, 0.5) is 13.6 Å². The summed E-state index contributed by atoms with van der Waals surface area (Å²) in [7, 11) is 4.14. The van der Waals surface area contributed by atoms with E-state index in [2.05, 4.69) is 10.1 Å². The Bertz CT molecular complexity index is 550. The van der Waals surface area contributed by atoms with Gasteiger partial charge in [-0.05, 0) is 6.07 Å². The van der Waals surface area contributed by atoms with Gasteiger partial charge in [-0.15, -0.1) is 0 Å². The summed E-state index contributed by atoms with van der Waals surface area (Å²) in [4.78, 5) is 11.2. The van der Waals surface area contributed by atoms with Crippen molar-refractivity contribution in [2.24, 2.45) is 0 Å². The van der Waals surface area contributed by atoms with Crippen LogP contribution in [0.15, 0.2) is 12.1 Å². The molecule has 6 nitrogen and oxygen atoms in total. The Kier molecular flexibility index (Phi) is 4.06. The molecule has 0 bridgehead atoms. The summed E-state index contributed by atoms with van der Waals surface area (Å²) in [6, 6.07) is 1.20. The normalized spacial score (nSPS) is 20.2. The molecule has 8 heteroatoms. The Labute approximate surface area is 119 Å². The quantitative estimate of drug-likeness (QED) is 0.923. The molecule has 0 saturated carbocycles. The molecular weight excluding hydrogens is 288 g/mol. The summed E-state index contributed by atoms with van der Waals surface area (Å²) in [6.07, 6.45) is -0.914. The van der Waals surface area contributed by atoms with Gasteiger partial charge in [-0.2, -0.15) is 0 Å². The smallest absolute Gasteiger partial charge is 0.408 e. The first-order valence-corrected chi connectivity index (χ1v) is 6.04. The number of rotatable bonds is 4. The second-order valence-corrected chi connectivity index (χ2v) is 4.36. The van der Waals surface area contributed by atoms with Crippen LogP contribution in [0.2, 0.25) is 0 Å². The van der Waals surface area contributed by atoms with E-state index < -0.39 is 24.7 Å². The minimum atomic E-state index is -3.28. The number of amides is 1. The average molecular weight is 303 g/mol. The van der Waals surface area contributed by atoms with Gasteiger partial charge in [-0.25, -0.2) is 13.6 Å². The van der Waals surface area contributed by atoms with Gasteiger partial charge in [0.05, 0.1) is 21.3 Å². The number of halogens is 2. The monoisotopic (exact) mass is 303 g/mol. The third-order valence-corrected chi connectivity index (χ3v) is 3.13. The summed E-state index contributed by atoms with van der Waals surface area (Å²) in [6.45, 7) is -0.999. The minimum absolute atomic E-state index is 0.0804. The van der Waals surface area contributed by atoms with E-state index in [9.17, 15) is 13.6 Å². The summed E-state index contributed by atoms with van der Waals surface area (Å²) < 4.78 is 47.6. The molecule has 0 aliphatic carbocycles. The number of hydrogen-bond donors (Lipinski definition) is 1. The first-order valence-electron chi connectivity index (χ1n) is 6.04. The standard InChI is InChI=1S/C13H15F2NO5/c1-18-8-5-10(20-3)9(19-2)4-7(8)11-13(14,15)6-21-12(17)16-11/h4-5,11H,6H2,1-3H3,(H,16,17)/t11-/m0/s1. The van der Waals surface area contributed by atoms with Gasteiger partial charge < -0.3 is 24.3 Å². The topological polar surface area (TPSA) is 66.0 Å². The first kappa shape index (κ1) is 15.1. The van der Waals surface area contributed by atoms with Crippen LogP contribution in [-0.2, 0) is 4.74 Å². The highest BCUT2D eigenvalue weighted by molar-refractivity contribution is 5.70. The van der Waals surface area contributed by atoms with Gasteiger partial charge in [-0.1, -0.05) is 0 Å². The lowest BCUT2D eigenvalue weighted by atomic mass is 9.98. The van der Waals surface area contributed by atoms with E-state index >= 15 is 0 Å². The molecule has 1 aromatic rings. The zero-order valence-corrected chi connectivity index (χ0v) is 11.7. The van der Waals surface area contributed by atoms with E-state index in [-0.39, 0.29) is 17.1 Å². The molecule has 0 radical (unpaired) electrons. The lowest BCUT2D eigenvalue weighted by Crippen LogP contribution is -2.49. The van der Waals surface area contributed by atoms with Crippen LogP contribution < -0.4 is 19.5 Å². The van der Waals surface area contributed by atoms with Crippen LogP contribution in [0, 0.1) is 0 Å². The highest BCUT2D eigenvalue weighted by Gasteiger charge is 2.48. The van der Waals surface area contributed by atoms with E-state index in [0.717, 1.165) is 0 Å². The lowest BCUT2D eigenvalue weighted by Gasteiger charge is -2.32. The summed E-state index contributed by atoms with van der Waals surface area (Å²) in [5.41, 5.74) is 0.0804. The van der Waals surface area contributed by atoms with Crippen molar-refractivity contribution in [2.45, 2.75) is 12.0 Å². The van der Waals surface area contributed by atoms with Gasteiger partial charge in [0.15, 0.2) is 18.1 Å². The zero-order valence-electron chi connectivity index (χ0n) is 11.7. The Morgan fingerprint density at radius 1 is 1.14 bits per heavy atom. The number of nitrogens with one attached hydrogen (secondary N) is 1. The van der Waals surface area contributed by atoms with Crippen LogP contribution in [0.3, 0.4) is 0 Å². The molecule has 116 valence electrons. The van der Waals surface area contributed by atoms with Crippen LogP contribution >= 0.6 is 0 Å². The third-order valence-electron chi connectivity index (χ3n) is 3.13. The third kappa shape index (κ3) is 2.79. The second kappa shape index (κ2) is 5.63. The van der Waals surface area contributed by atoms with Crippen molar-refractivity contribution >= 4 is 6.09 Å². The minimum Gasteiger partial charge on any atom is -0.496 e. The fourth-order valence-corrected chi connectivity index (χ4v) is 2.09. The molecule has 1 N–H and O–H groups in total. The van der Waals surface area contributed by atoms with Crippen LogP contribution in [0.5, 0.6) is 17.2 Å². The Balaban J connectivity index is 2.52. The van der Waals surface area contributed by atoms with Crippen molar-refractivity contribution in [3.8, 4) is 17.2 Å². The van der Waals surface area contributed by atoms with Gasteiger partial charge in [-0.3, -0.25) is 0 Å². The number of benzene rings is 1. The van der Waals surface area contributed by atoms with E-state index in [4.69, 9.17) is 14.2 Å². The predicted molar refractivity (Wildman–Crippen MR) is 68.3 cm³/mol. The first-order chi connectivity index (χ1) is 9.92. The van der Waals surface area contributed by atoms with Crippen molar-refractivity contribution < 1.29 is 32.5 Å². The van der Waals surface area contributed by atoms with E-state index in [1.807, 2.05) is 0 Å².